The van der Waals surface area contributed by atoms with Gasteiger partial charge in [-0.25, -0.2) is 0 Å². The van der Waals surface area contributed by atoms with Gasteiger partial charge in [0.2, 0.25) is 5.91 Å². The highest BCUT2D eigenvalue weighted by molar-refractivity contribution is 5.97. The average Bonchev–Trinajstić information content (AvgIpc) is 3.16. The third kappa shape index (κ3) is 6.90. The number of ether oxygens (including phenoxy) is 1. The maximum absolute atomic E-state index is 12.4. The summed E-state index contributed by atoms with van der Waals surface area (Å²) in [6, 6.07) is 10.4. The second-order valence-electron chi connectivity index (χ2n) is 6.84. The first kappa shape index (κ1) is 20.7. The molecule has 0 saturated heterocycles. The van der Waals surface area contributed by atoms with E-state index in [1.165, 1.54) is 0 Å². The van der Waals surface area contributed by atoms with Crippen LogP contribution in [-0.4, -0.2) is 31.0 Å². The monoisotopic (exact) mass is 372 g/mol. The number of nitrogens with one attached hydrogen (secondary N) is 2. The fraction of sp³-hybridized carbons (Fsp3) is 0.429. The fourth-order valence-corrected chi connectivity index (χ4v) is 2.53. The number of benzene rings is 1. The summed E-state index contributed by atoms with van der Waals surface area (Å²) >= 11 is 0. The van der Waals surface area contributed by atoms with Crippen molar-refractivity contribution < 1.29 is 18.7 Å². The molecule has 0 radical (unpaired) electrons. The maximum Gasteiger partial charge on any atom is 0.251 e. The van der Waals surface area contributed by atoms with E-state index in [-0.39, 0.29) is 17.7 Å². The van der Waals surface area contributed by atoms with Gasteiger partial charge in [-0.05, 0) is 43.5 Å². The Morgan fingerprint density at radius 2 is 1.89 bits per heavy atom. The number of carbonyl (C=O) groups excluding carboxylic acids is 2. The maximum atomic E-state index is 12.4. The zero-order chi connectivity index (χ0) is 19.6. The van der Waals surface area contributed by atoms with E-state index in [0.717, 1.165) is 11.3 Å². The van der Waals surface area contributed by atoms with E-state index < -0.39 is 6.04 Å². The molecule has 146 valence electrons. The summed E-state index contributed by atoms with van der Waals surface area (Å²) in [5.41, 5.74) is 1.63. The number of rotatable bonds is 10. The first-order valence-electron chi connectivity index (χ1n) is 9.22. The van der Waals surface area contributed by atoms with Gasteiger partial charge >= 0.3 is 0 Å². The summed E-state index contributed by atoms with van der Waals surface area (Å²) in [7, 11) is 0. The van der Waals surface area contributed by atoms with Crippen molar-refractivity contribution in [3.63, 3.8) is 0 Å². The van der Waals surface area contributed by atoms with Crippen LogP contribution in [0.15, 0.2) is 47.1 Å². The Kier molecular flexibility index (Phi) is 8.07. The van der Waals surface area contributed by atoms with E-state index in [0.29, 0.717) is 31.7 Å². The molecular weight excluding hydrogens is 344 g/mol. The van der Waals surface area contributed by atoms with Gasteiger partial charge in [0.1, 0.15) is 18.4 Å². The van der Waals surface area contributed by atoms with Crippen LogP contribution in [0, 0.1) is 12.8 Å². The molecule has 1 heterocycles. The molecule has 6 nitrogen and oxygen atoms in total. The average molecular weight is 372 g/mol. The lowest BCUT2D eigenvalue weighted by Crippen LogP contribution is -2.50. The van der Waals surface area contributed by atoms with E-state index in [1.54, 1.807) is 18.4 Å². The summed E-state index contributed by atoms with van der Waals surface area (Å²) in [4.78, 5) is 24.8. The van der Waals surface area contributed by atoms with Gasteiger partial charge in [-0.3, -0.25) is 9.59 Å². The third-order valence-corrected chi connectivity index (χ3v) is 4.14. The van der Waals surface area contributed by atoms with Gasteiger partial charge < -0.3 is 19.8 Å². The molecule has 2 aromatic rings. The van der Waals surface area contributed by atoms with E-state index in [9.17, 15) is 9.59 Å². The Morgan fingerprint density at radius 3 is 2.52 bits per heavy atom. The van der Waals surface area contributed by atoms with Crippen molar-refractivity contribution in [2.45, 2.75) is 39.8 Å². The molecule has 1 atom stereocenters. The van der Waals surface area contributed by atoms with Crippen molar-refractivity contribution >= 4 is 11.8 Å². The number of hydrogen-bond donors (Lipinski definition) is 2. The van der Waals surface area contributed by atoms with Gasteiger partial charge in [0.15, 0.2) is 0 Å². The fourth-order valence-electron chi connectivity index (χ4n) is 2.53. The number of furan rings is 1. The van der Waals surface area contributed by atoms with Gasteiger partial charge in [0.25, 0.3) is 5.91 Å². The van der Waals surface area contributed by atoms with Gasteiger partial charge in [0, 0.05) is 18.7 Å². The predicted molar refractivity (Wildman–Crippen MR) is 103 cm³/mol. The van der Waals surface area contributed by atoms with Crippen molar-refractivity contribution in [1.29, 1.82) is 0 Å². The van der Waals surface area contributed by atoms with Crippen molar-refractivity contribution in [2.24, 2.45) is 5.92 Å². The molecule has 1 unspecified atom stereocenters. The Balaban J connectivity index is 1.73. The molecule has 0 bridgehead atoms. The summed E-state index contributed by atoms with van der Waals surface area (Å²) in [5, 5.41) is 5.69. The highest BCUT2D eigenvalue weighted by atomic mass is 16.5. The van der Waals surface area contributed by atoms with Crippen LogP contribution >= 0.6 is 0 Å². The quantitative estimate of drug-likeness (QED) is 0.628. The Morgan fingerprint density at radius 1 is 1.15 bits per heavy atom. The van der Waals surface area contributed by atoms with Crippen molar-refractivity contribution in [3.05, 3.63) is 59.5 Å². The zero-order valence-electron chi connectivity index (χ0n) is 16.2. The van der Waals surface area contributed by atoms with Crippen molar-refractivity contribution in [2.75, 3.05) is 13.2 Å². The highest BCUT2D eigenvalue weighted by Gasteiger charge is 2.24. The van der Waals surface area contributed by atoms with Crippen molar-refractivity contribution in [3.8, 4) is 0 Å². The molecule has 0 spiro atoms. The van der Waals surface area contributed by atoms with E-state index in [1.807, 2.05) is 45.0 Å². The number of carbonyl (C=O) groups is 2. The molecule has 27 heavy (non-hydrogen) atoms. The van der Waals surface area contributed by atoms with Crippen LogP contribution in [0.2, 0.25) is 0 Å². The molecule has 2 rings (SSSR count). The molecule has 1 aromatic heterocycles. The Hall–Kier alpha value is -2.60. The van der Waals surface area contributed by atoms with Crippen molar-refractivity contribution in [1.82, 2.24) is 10.6 Å². The van der Waals surface area contributed by atoms with E-state index in [4.69, 9.17) is 9.15 Å². The molecule has 0 aliphatic rings. The molecule has 2 amide bonds. The van der Waals surface area contributed by atoms with Gasteiger partial charge in [-0.1, -0.05) is 31.5 Å². The summed E-state index contributed by atoms with van der Waals surface area (Å²) in [6.45, 7) is 7.20. The van der Waals surface area contributed by atoms with Crippen LogP contribution in [0.1, 0.15) is 41.9 Å². The highest BCUT2D eigenvalue weighted by Crippen LogP contribution is 2.07. The smallest absolute Gasteiger partial charge is 0.251 e. The summed E-state index contributed by atoms with van der Waals surface area (Å²) in [5.74, 6) is 0.328. The number of aryl methyl sites for hydroxylation is 1. The van der Waals surface area contributed by atoms with Crippen LogP contribution in [0.5, 0.6) is 0 Å². The SMILES string of the molecule is Cc1ccc(C(=O)NC(C(=O)NCCCOCc2ccco2)C(C)C)cc1. The normalized spacial score (nSPS) is 12.0. The van der Waals surface area contributed by atoms with E-state index >= 15 is 0 Å². The lowest BCUT2D eigenvalue weighted by molar-refractivity contribution is -0.124. The third-order valence-electron chi connectivity index (χ3n) is 4.14. The van der Waals surface area contributed by atoms with Gasteiger partial charge in [0.05, 0.1) is 6.26 Å². The first-order chi connectivity index (χ1) is 13.0. The Bertz CT molecular complexity index is 708. The number of hydrogen-bond acceptors (Lipinski definition) is 4. The lowest BCUT2D eigenvalue weighted by Gasteiger charge is -2.21. The summed E-state index contributed by atoms with van der Waals surface area (Å²) in [6.07, 6.45) is 2.29. The molecule has 0 aliphatic carbocycles. The number of amides is 2. The topological polar surface area (TPSA) is 80.6 Å². The lowest BCUT2D eigenvalue weighted by atomic mass is 10.0. The minimum atomic E-state index is -0.581. The largest absolute Gasteiger partial charge is 0.467 e. The molecule has 1 aromatic carbocycles. The minimum absolute atomic E-state index is 0.0189. The zero-order valence-corrected chi connectivity index (χ0v) is 16.2. The minimum Gasteiger partial charge on any atom is -0.467 e. The van der Waals surface area contributed by atoms with Crippen LogP contribution in [-0.2, 0) is 16.1 Å². The molecule has 0 saturated carbocycles. The second kappa shape index (κ2) is 10.5. The standard InChI is InChI=1S/C21H28N2O4/c1-15(2)19(23-20(24)17-9-7-16(3)8-10-17)21(25)22-11-5-12-26-14-18-6-4-13-27-18/h4,6-10,13,15,19H,5,11-12,14H2,1-3H3,(H,22,25)(H,23,24). The van der Waals surface area contributed by atoms with Gasteiger partial charge in [-0.2, -0.15) is 0 Å². The predicted octanol–water partition coefficient (Wildman–Crippen LogP) is 3.07. The Labute approximate surface area is 160 Å². The van der Waals surface area contributed by atoms with Crippen LogP contribution in [0.3, 0.4) is 0 Å². The second-order valence-corrected chi connectivity index (χ2v) is 6.84. The molecule has 0 fully saturated rings. The van der Waals surface area contributed by atoms with Gasteiger partial charge in [-0.15, -0.1) is 0 Å². The molecule has 6 heteroatoms. The van der Waals surface area contributed by atoms with Crippen LogP contribution in [0.25, 0.3) is 0 Å². The molecule has 2 N–H and O–H groups in total. The molecule has 0 aliphatic heterocycles. The molecular formula is C21H28N2O4. The van der Waals surface area contributed by atoms with Crippen LogP contribution in [0.4, 0.5) is 0 Å². The summed E-state index contributed by atoms with van der Waals surface area (Å²) < 4.78 is 10.7. The first-order valence-corrected chi connectivity index (χ1v) is 9.22. The van der Waals surface area contributed by atoms with E-state index in [2.05, 4.69) is 10.6 Å². The van der Waals surface area contributed by atoms with Crippen LogP contribution < -0.4 is 10.6 Å².